The van der Waals surface area contributed by atoms with Gasteiger partial charge in [0.05, 0.1) is 19.8 Å². The van der Waals surface area contributed by atoms with E-state index in [-0.39, 0.29) is 24.1 Å². The fourth-order valence-electron chi connectivity index (χ4n) is 4.35. The summed E-state index contributed by atoms with van der Waals surface area (Å²) in [4.78, 5) is 14.9. The Labute approximate surface area is 180 Å². The number of halogens is 2. The predicted octanol–water partition coefficient (Wildman–Crippen LogP) is 2.78. The van der Waals surface area contributed by atoms with Crippen molar-refractivity contribution in [1.82, 2.24) is 20.0 Å². The number of allylic oxidation sites excluding steroid dienone is 1. The zero-order valence-electron chi connectivity index (χ0n) is 17.8. The lowest BCUT2D eigenvalue weighted by molar-refractivity contribution is 0.0297. The molecule has 0 unspecified atom stereocenters. The maximum atomic E-state index is 14.4. The van der Waals surface area contributed by atoms with Crippen LogP contribution in [0.5, 0.6) is 0 Å². The van der Waals surface area contributed by atoms with Crippen LogP contribution in [0.3, 0.4) is 0 Å². The Morgan fingerprint density at radius 2 is 2.13 bits per heavy atom. The maximum absolute atomic E-state index is 14.4. The van der Waals surface area contributed by atoms with E-state index in [1.165, 1.54) is 12.1 Å². The van der Waals surface area contributed by atoms with Crippen LogP contribution in [0, 0.1) is 18.6 Å². The van der Waals surface area contributed by atoms with Gasteiger partial charge in [0.2, 0.25) is 0 Å². The van der Waals surface area contributed by atoms with Gasteiger partial charge in [-0.3, -0.25) is 9.48 Å². The summed E-state index contributed by atoms with van der Waals surface area (Å²) in [6.45, 7) is 8.22. The molecule has 0 saturated carbocycles. The molecule has 2 aromatic rings. The molecule has 4 rings (SSSR count). The van der Waals surface area contributed by atoms with Crippen LogP contribution in [0.1, 0.15) is 39.3 Å². The number of morpholine rings is 1. The molecule has 1 atom stereocenters. The Kier molecular flexibility index (Phi) is 6.48. The van der Waals surface area contributed by atoms with E-state index < -0.39 is 11.6 Å². The second-order valence-corrected chi connectivity index (χ2v) is 8.13. The van der Waals surface area contributed by atoms with Gasteiger partial charge in [-0.05, 0) is 37.8 Å². The van der Waals surface area contributed by atoms with Gasteiger partial charge in [-0.2, -0.15) is 5.10 Å². The van der Waals surface area contributed by atoms with Crippen LogP contribution in [0.25, 0.3) is 0 Å². The Morgan fingerprint density at radius 1 is 1.35 bits per heavy atom. The molecule has 1 N–H and O–H groups in total. The van der Waals surface area contributed by atoms with E-state index in [1.807, 2.05) is 4.68 Å². The summed E-state index contributed by atoms with van der Waals surface area (Å²) >= 11 is 0. The summed E-state index contributed by atoms with van der Waals surface area (Å²) < 4.78 is 35.7. The van der Waals surface area contributed by atoms with Gasteiger partial charge in [0.15, 0.2) is 5.69 Å². The van der Waals surface area contributed by atoms with E-state index in [0.29, 0.717) is 50.5 Å². The molecule has 0 spiro atoms. The number of nitrogens with one attached hydrogen (secondary N) is 1. The Morgan fingerprint density at radius 3 is 2.87 bits per heavy atom. The molecule has 2 heterocycles. The average Bonchev–Trinajstić information content (AvgIpc) is 3.14. The molecular formula is C23H28F2N4O2. The summed E-state index contributed by atoms with van der Waals surface area (Å²) in [6.07, 6.45) is 3.90. The van der Waals surface area contributed by atoms with Gasteiger partial charge >= 0.3 is 0 Å². The van der Waals surface area contributed by atoms with Gasteiger partial charge < -0.3 is 15.0 Å². The average molecular weight is 430 g/mol. The Balaban J connectivity index is 1.54. The highest BCUT2D eigenvalue weighted by Crippen LogP contribution is 2.27. The van der Waals surface area contributed by atoms with E-state index >= 15 is 0 Å². The number of rotatable bonds is 6. The van der Waals surface area contributed by atoms with E-state index in [2.05, 4.69) is 17.0 Å². The topological polar surface area (TPSA) is 59.4 Å². The minimum absolute atomic E-state index is 0.00410. The van der Waals surface area contributed by atoms with Gasteiger partial charge in [0.25, 0.3) is 5.91 Å². The number of aryl methyl sites for hydroxylation is 1. The maximum Gasteiger partial charge on any atom is 0.274 e. The zero-order valence-corrected chi connectivity index (χ0v) is 17.8. The molecule has 31 heavy (non-hydrogen) atoms. The number of amides is 1. The molecule has 1 amide bonds. The minimum Gasteiger partial charge on any atom is -0.378 e. The van der Waals surface area contributed by atoms with E-state index in [4.69, 9.17) is 4.74 Å². The first-order chi connectivity index (χ1) is 15.0. The number of nitrogens with zero attached hydrogens (tertiary/aromatic N) is 3. The fraction of sp³-hybridized carbons (Fsp3) is 0.478. The van der Waals surface area contributed by atoms with Crippen LogP contribution in [0.2, 0.25) is 0 Å². The first-order valence-electron chi connectivity index (χ1n) is 10.7. The first-order valence-corrected chi connectivity index (χ1v) is 10.7. The molecule has 1 aliphatic carbocycles. The van der Waals surface area contributed by atoms with Crippen molar-refractivity contribution in [1.29, 1.82) is 0 Å². The standard InChI is InChI=1S/C23H28F2N4O2/c1-3-8-29-20-7-5-16(26-14-18-19(24)6-4-15(2)21(18)25)13-17(20)22(27-29)23(30)28-9-11-31-12-10-28/h3-4,6,16,26H,1,5,7-14H2,2H3/t16-/m1/s1. The number of ether oxygens (including phenoxy) is 1. The number of carbonyl (C=O) groups is 1. The molecule has 1 aromatic carbocycles. The number of hydrogen-bond acceptors (Lipinski definition) is 4. The first kappa shape index (κ1) is 21.6. The highest BCUT2D eigenvalue weighted by Gasteiger charge is 2.31. The smallest absolute Gasteiger partial charge is 0.274 e. The van der Waals surface area contributed by atoms with E-state index in [0.717, 1.165) is 24.1 Å². The summed E-state index contributed by atoms with van der Waals surface area (Å²) in [7, 11) is 0. The number of carbonyl (C=O) groups excluding carboxylic acids is 1. The molecule has 1 fully saturated rings. The normalized spacial score (nSPS) is 18.7. The van der Waals surface area contributed by atoms with Gasteiger partial charge in [0.1, 0.15) is 11.6 Å². The van der Waals surface area contributed by atoms with Crippen molar-refractivity contribution >= 4 is 5.91 Å². The Hall–Kier alpha value is -2.58. The number of fused-ring (bicyclic) bond motifs is 1. The van der Waals surface area contributed by atoms with E-state index in [1.54, 1.807) is 17.9 Å². The highest BCUT2D eigenvalue weighted by atomic mass is 19.1. The van der Waals surface area contributed by atoms with Crippen LogP contribution in [-0.4, -0.2) is 52.9 Å². The number of benzene rings is 1. The molecule has 0 bridgehead atoms. The lowest BCUT2D eigenvalue weighted by Gasteiger charge is -2.28. The third-order valence-corrected chi connectivity index (χ3v) is 6.10. The van der Waals surface area contributed by atoms with Crippen LogP contribution >= 0.6 is 0 Å². The van der Waals surface area contributed by atoms with Crippen LogP contribution in [-0.2, 0) is 30.7 Å². The zero-order chi connectivity index (χ0) is 22.0. The quantitative estimate of drug-likeness (QED) is 0.716. The summed E-state index contributed by atoms with van der Waals surface area (Å²) in [6, 6.07) is 2.75. The van der Waals surface area contributed by atoms with Gasteiger partial charge in [-0.15, -0.1) is 6.58 Å². The SMILES string of the molecule is C=CCn1nc(C(=O)N2CCOCC2)c2c1CC[C@@H](NCc1c(F)ccc(C)c1F)C2. The van der Waals surface area contributed by atoms with E-state index in [9.17, 15) is 13.6 Å². The lowest BCUT2D eigenvalue weighted by Crippen LogP contribution is -2.41. The lowest BCUT2D eigenvalue weighted by atomic mass is 9.90. The van der Waals surface area contributed by atoms with Crippen LogP contribution < -0.4 is 5.32 Å². The monoisotopic (exact) mass is 430 g/mol. The molecule has 1 aliphatic heterocycles. The Bertz CT molecular complexity index is 982. The van der Waals surface area contributed by atoms with Crippen molar-refractivity contribution in [3.05, 3.63) is 64.5 Å². The number of hydrogen-bond donors (Lipinski definition) is 1. The molecule has 1 saturated heterocycles. The van der Waals surface area contributed by atoms with Gasteiger partial charge in [-0.25, -0.2) is 8.78 Å². The molecule has 2 aliphatic rings. The third-order valence-electron chi connectivity index (χ3n) is 6.10. The minimum atomic E-state index is -0.547. The molecule has 0 radical (unpaired) electrons. The van der Waals surface area contributed by atoms with Crippen molar-refractivity contribution in [3.8, 4) is 0 Å². The summed E-state index contributed by atoms with van der Waals surface area (Å²) in [5.74, 6) is -1.14. The number of aromatic nitrogens is 2. The van der Waals surface area contributed by atoms with Crippen molar-refractivity contribution in [3.63, 3.8) is 0 Å². The summed E-state index contributed by atoms with van der Waals surface area (Å²) in [5.41, 5.74) is 2.92. The molecule has 6 nitrogen and oxygen atoms in total. The van der Waals surface area contributed by atoms with Gasteiger partial charge in [-0.1, -0.05) is 12.1 Å². The van der Waals surface area contributed by atoms with Crippen LogP contribution in [0.4, 0.5) is 8.78 Å². The third kappa shape index (κ3) is 4.41. The van der Waals surface area contributed by atoms with Gasteiger partial charge in [0, 0.05) is 42.5 Å². The van der Waals surface area contributed by atoms with Crippen molar-refractivity contribution < 1.29 is 18.3 Å². The predicted molar refractivity (Wildman–Crippen MR) is 113 cm³/mol. The van der Waals surface area contributed by atoms with Crippen molar-refractivity contribution in [2.24, 2.45) is 0 Å². The second kappa shape index (κ2) is 9.28. The molecule has 166 valence electrons. The molecule has 8 heteroatoms. The second-order valence-electron chi connectivity index (χ2n) is 8.13. The molecule has 1 aromatic heterocycles. The molecular weight excluding hydrogens is 402 g/mol. The van der Waals surface area contributed by atoms with Crippen molar-refractivity contribution in [2.45, 2.75) is 45.3 Å². The highest BCUT2D eigenvalue weighted by molar-refractivity contribution is 5.94. The summed E-state index contributed by atoms with van der Waals surface area (Å²) in [5, 5.41) is 7.91. The van der Waals surface area contributed by atoms with Crippen molar-refractivity contribution in [2.75, 3.05) is 26.3 Å². The fourth-order valence-corrected chi connectivity index (χ4v) is 4.35. The largest absolute Gasteiger partial charge is 0.378 e. The van der Waals surface area contributed by atoms with Crippen LogP contribution in [0.15, 0.2) is 24.8 Å².